The molecule has 0 N–H and O–H groups in total. The maximum atomic E-state index is 11.0. The van der Waals surface area contributed by atoms with Crippen molar-refractivity contribution in [3.8, 4) is 0 Å². The molecule has 16 heavy (non-hydrogen) atoms. The summed E-state index contributed by atoms with van der Waals surface area (Å²) >= 11 is 0. The standard InChI is InChI=1S/C13H14N2O/c16-11-13(10-15-8-4-7-14-15)9-12-5-2-1-3-6-12/h1-8,11,13H,9-10H2. The van der Waals surface area contributed by atoms with Gasteiger partial charge in [-0.05, 0) is 18.1 Å². The molecule has 1 aromatic heterocycles. The lowest BCUT2D eigenvalue weighted by Gasteiger charge is -2.10. The minimum Gasteiger partial charge on any atom is -0.303 e. The molecule has 0 amide bonds. The average molecular weight is 214 g/mol. The molecule has 0 spiro atoms. The number of aromatic nitrogens is 2. The molecular weight excluding hydrogens is 200 g/mol. The molecule has 0 aliphatic carbocycles. The van der Waals surface area contributed by atoms with Gasteiger partial charge in [-0.15, -0.1) is 0 Å². The lowest BCUT2D eigenvalue weighted by molar-refractivity contribution is -0.111. The average Bonchev–Trinajstić information content (AvgIpc) is 2.82. The van der Waals surface area contributed by atoms with E-state index in [4.69, 9.17) is 0 Å². The highest BCUT2D eigenvalue weighted by molar-refractivity contribution is 5.54. The third kappa shape index (κ3) is 2.79. The van der Waals surface area contributed by atoms with E-state index in [1.54, 1.807) is 10.9 Å². The van der Waals surface area contributed by atoms with Gasteiger partial charge in [-0.25, -0.2) is 0 Å². The molecule has 3 heteroatoms. The van der Waals surface area contributed by atoms with Crippen molar-refractivity contribution in [2.45, 2.75) is 13.0 Å². The molecule has 1 atom stereocenters. The minimum atomic E-state index is -0.0118. The van der Waals surface area contributed by atoms with Crippen LogP contribution in [0.1, 0.15) is 5.56 Å². The fourth-order valence-electron chi connectivity index (χ4n) is 1.72. The van der Waals surface area contributed by atoms with Crippen molar-refractivity contribution in [2.75, 3.05) is 0 Å². The van der Waals surface area contributed by atoms with Crippen LogP contribution in [-0.4, -0.2) is 16.1 Å². The highest BCUT2D eigenvalue weighted by Gasteiger charge is 2.09. The van der Waals surface area contributed by atoms with E-state index in [2.05, 4.69) is 5.10 Å². The summed E-state index contributed by atoms with van der Waals surface area (Å²) in [4.78, 5) is 11.0. The van der Waals surface area contributed by atoms with E-state index in [-0.39, 0.29) is 5.92 Å². The first-order valence-electron chi connectivity index (χ1n) is 5.35. The Hall–Kier alpha value is -1.90. The van der Waals surface area contributed by atoms with Crippen LogP contribution in [-0.2, 0) is 17.8 Å². The summed E-state index contributed by atoms with van der Waals surface area (Å²) in [7, 11) is 0. The number of carbonyl (C=O) groups is 1. The Labute approximate surface area is 94.7 Å². The quantitative estimate of drug-likeness (QED) is 0.713. The smallest absolute Gasteiger partial charge is 0.125 e. The first-order chi connectivity index (χ1) is 7.88. The second-order valence-electron chi connectivity index (χ2n) is 3.81. The Morgan fingerprint density at radius 2 is 2.06 bits per heavy atom. The van der Waals surface area contributed by atoms with Crippen LogP contribution in [0, 0.1) is 5.92 Å². The molecule has 0 aliphatic heterocycles. The number of benzene rings is 1. The molecule has 0 fully saturated rings. The van der Waals surface area contributed by atoms with Crippen molar-refractivity contribution in [1.82, 2.24) is 9.78 Å². The molecule has 82 valence electrons. The van der Waals surface area contributed by atoms with Crippen LogP contribution >= 0.6 is 0 Å². The summed E-state index contributed by atoms with van der Waals surface area (Å²) in [5.74, 6) is -0.0118. The predicted octanol–water partition coefficient (Wildman–Crippen LogP) is 1.94. The lowest BCUT2D eigenvalue weighted by Crippen LogP contribution is -2.15. The van der Waals surface area contributed by atoms with Gasteiger partial charge in [0.05, 0.1) is 6.54 Å². The van der Waals surface area contributed by atoms with Crippen molar-refractivity contribution < 1.29 is 4.79 Å². The largest absolute Gasteiger partial charge is 0.303 e. The molecule has 2 aromatic rings. The Morgan fingerprint density at radius 1 is 1.25 bits per heavy atom. The molecule has 1 heterocycles. The molecule has 3 nitrogen and oxygen atoms in total. The van der Waals surface area contributed by atoms with E-state index in [0.717, 1.165) is 12.7 Å². The second kappa shape index (κ2) is 5.26. The van der Waals surface area contributed by atoms with Gasteiger partial charge in [0.2, 0.25) is 0 Å². The van der Waals surface area contributed by atoms with E-state index in [1.165, 1.54) is 5.56 Å². The number of rotatable bonds is 5. The lowest BCUT2D eigenvalue weighted by atomic mass is 10.0. The zero-order valence-electron chi connectivity index (χ0n) is 8.99. The van der Waals surface area contributed by atoms with Crippen LogP contribution in [0.3, 0.4) is 0 Å². The number of aldehydes is 1. The Kier molecular flexibility index (Phi) is 3.49. The van der Waals surface area contributed by atoms with E-state index in [1.807, 2.05) is 42.6 Å². The summed E-state index contributed by atoms with van der Waals surface area (Å²) < 4.78 is 1.79. The van der Waals surface area contributed by atoms with Crippen molar-refractivity contribution >= 4 is 6.29 Å². The summed E-state index contributed by atoms with van der Waals surface area (Å²) in [6, 6.07) is 11.9. The third-order valence-corrected chi connectivity index (χ3v) is 2.51. The molecule has 0 saturated heterocycles. The summed E-state index contributed by atoms with van der Waals surface area (Å²) in [5.41, 5.74) is 1.19. The second-order valence-corrected chi connectivity index (χ2v) is 3.81. The predicted molar refractivity (Wildman–Crippen MR) is 61.9 cm³/mol. The maximum absolute atomic E-state index is 11.0. The van der Waals surface area contributed by atoms with Crippen LogP contribution in [0.4, 0.5) is 0 Å². The van der Waals surface area contributed by atoms with Gasteiger partial charge in [0.15, 0.2) is 0 Å². The molecule has 0 saturated carbocycles. The van der Waals surface area contributed by atoms with Crippen LogP contribution in [0.15, 0.2) is 48.8 Å². The molecular formula is C13H14N2O. The monoisotopic (exact) mass is 214 g/mol. The molecule has 1 unspecified atom stereocenters. The third-order valence-electron chi connectivity index (χ3n) is 2.51. The van der Waals surface area contributed by atoms with Crippen molar-refractivity contribution in [3.05, 3.63) is 54.4 Å². The fourth-order valence-corrected chi connectivity index (χ4v) is 1.72. The minimum absolute atomic E-state index is 0.0118. The van der Waals surface area contributed by atoms with E-state index < -0.39 is 0 Å². The summed E-state index contributed by atoms with van der Waals surface area (Å²) in [5, 5.41) is 4.10. The van der Waals surface area contributed by atoms with Crippen LogP contribution in [0.2, 0.25) is 0 Å². The van der Waals surface area contributed by atoms with Gasteiger partial charge in [0, 0.05) is 18.3 Å². The molecule has 1 aromatic carbocycles. The van der Waals surface area contributed by atoms with Gasteiger partial charge in [-0.1, -0.05) is 30.3 Å². The normalized spacial score (nSPS) is 12.2. The van der Waals surface area contributed by atoms with Gasteiger partial charge in [-0.3, -0.25) is 4.68 Å². The fraction of sp³-hybridized carbons (Fsp3) is 0.231. The van der Waals surface area contributed by atoms with E-state index in [9.17, 15) is 4.79 Å². The molecule has 0 aliphatic rings. The van der Waals surface area contributed by atoms with Gasteiger partial charge >= 0.3 is 0 Å². The topological polar surface area (TPSA) is 34.9 Å². The van der Waals surface area contributed by atoms with Crippen molar-refractivity contribution in [3.63, 3.8) is 0 Å². The maximum Gasteiger partial charge on any atom is 0.125 e. The van der Waals surface area contributed by atoms with Crippen molar-refractivity contribution in [1.29, 1.82) is 0 Å². The summed E-state index contributed by atoms with van der Waals surface area (Å²) in [6.45, 7) is 0.644. The highest BCUT2D eigenvalue weighted by atomic mass is 16.1. The van der Waals surface area contributed by atoms with Crippen LogP contribution < -0.4 is 0 Å². The first-order valence-corrected chi connectivity index (χ1v) is 5.35. The van der Waals surface area contributed by atoms with E-state index >= 15 is 0 Å². The molecule has 2 rings (SSSR count). The van der Waals surface area contributed by atoms with E-state index in [0.29, 0.717) is 6.54 Å². The van der Waals surface area contributed by atoms with Gasteiger partial charge in [0.25, 0.3) is 0 Å². The van der Waals surface area contributed by atoms with Crippen LogP contribution in [0.5, 0.6) is 0 Å². The molecule has 0 bridgehead atoms. The number of carbonyl (C=O) groups excluding carboxylic acids is 1. The zero-order valence-corrected chi connectivity index (χ0v) is 8.99. The SMILES string of the molecule is O=CC(Cc1ccccc1)Cn1cccn1. The van der Waals surface area contributed by atoms with Gasteiger partial charge in [-0.2, -0.15) is 5.10 Å². The number of nitrogens with zero attached hydrogens (tertiary/aromatic N) is 2. The van der Waals surface area contributed by atoms with Crippen LogP contribution in [0.25, 0.3) is 0 Å². The Balaban J connectivity index is 1.99. The summed E-state index contributed by atoms with van der Waals surface area (Å²) in [6.07, 6.45) is 5.38. The Bertz CT molecular complexity index is 422. The number of hydrogen-bond donors (Lipinski definition) is 0. The zero-order chi connectivity index (χ0) is 11.2. The highest BCUT2D eigenvalue weighted by Crippen LogP contribution is 2.08. The van der Waals surface area contributed by atoms with Gasteiger partial charge in [0.1, 0.15) is 6.29 Å². The first kappa shape index (κ1) is 10.6. The number of hydrogen-bond acceptors (Lipinski definition) is 2. The van der Waals surface area contributed by atoms with Gasteiger partial charge < -0.3 is 4.79 Å². The molecule has 0 radical (unpaired) electrons. The van der Waals surface area contributed by atoms with Crippen molar-refractivity contribution in [2.24, 2.45) is 5.92 Å². The Morgan fingerprint density at radius 3 is 2.69 bits per heavy atom.